The van der Waals surface area contributed by atoms with Crippen LogP contribution in [0.5, 0.6) is 0 Å². The van der Waals surface area contributed by atoms with Crippen LogP contribution in [0.25, 0.3) is 0 Å². The topological polar surface area (TPSA) is 55.6 Å². The summed E-state index contributed by atoms with van der Waals surface area (Å²) in [6, 6.07) is 10.0. The number of halogens is 1. The van der Waals surface area contributed by atoms with Crippen LogP contribution in [-0.2, 0) is 11.3 Å². The van der Waals surface area contributed by atoms with Gasteiger partial charge in [0.25, 0.3) is 0 Å². The van der Waals surface area contributed by atoms with Gasteiger partial charge in [-0.15, -0.1) is 12.4 Å². The van der Waals surface area contributed by atoms with Gasteiger partial charge in [-0.2, -0.15) is 0 Å². The Morgan fingerprint density at radius 3 is 2.62 bits per heavy atom. The molecule has 2 unspecified atom stereocenters. The molecular formula is C16H23ClN2O2. The lowest BCUT2D eigenvalue weighted by Gasteiger charge is -2.20. The van der Waals surface area contributed by atoms with E-state index in [1.807, 2.05) is 30.3 Å². The third kappa shape index (κ3) is 4.11. The van der Waals surface area contributed by atoms with Crippen molar-refractivity contribution in [3.63, 3.8) is 0 Å². The average Bonchev–Trinajstić information content (AvgIpc) is 3.22. The van der Waals surface area contributed by atoms with Crippen LogP contribution in [0.2, 0.25) is 0 Å². The van der Waals surface area contributed by atoms with Gasteiger partial charge in [0, 0.05) is 19.1 Å². The molecule has 1 aliphatic heterocycles. The first-order chi connectivity index (χ1) is 9.74. The van der Waals surface area contributed by atoms with Crippen LogP contribution in [0.3, 0.4) is 0 Å². The van der Waals surface area contributed by atoms with Crippen LogP contribution in [0.1, 0.15) is 24.8 Å². The number of hydrogen-bond donors (Lipinski definition) is 1. The Morgan fingerprint density at radius 2 is 1.95 bits per heavy atom. The lowest BCUT2D eigenvalue weighted by molar-refractivity contribution is 0.102. The van der Waals surface area contributed by atoms with Crippen LogP contribution in [-0.4, -0.2) is 30.1 Å². The molecule has 5 heteroatoms. The zero-order valence-corrected chi connectivity index (χ0v) is 12.9. The Hall–Kier alpha value is -1.26. The summed E-state index contributed by atoms with van der Waals surface area (Å²) in [6.45, 7) is 1.87. The summed E-state index contributed by atoms with van der Waals surface area (Å²) in [5.74, 6) is 1.15. The number of benzene rings is 1. The highest BCUT2D eigenvalue weighted by Crippen LogP contribution is 2.37. The number of nitrogens with two attached hydrogens (primary N) is 1. The zero-order valence-electron chi connectivity index (χ0n) is 12.1. The van der Waals surface area contributed by atoms with Crippen LogP contribution in [0, 0.1) is 11.8 Å². The first-order valence-corrected chi connectivity index (χ1v) is 7.45. The Balaban J connectivity index is 0.00000161. The number of carbonyl (C=O) groups excluding carboxylic acids is 1. The van der Waals surface area contributed by atoms with E-state index >= 15 is 0 Å². The number of nitrogens with zero attached hydrogens (tertiary/aromatic N) is 1. The van der Waals surface area contributed by atoms with E-state index in [0.29, 0.717) is 18.4 Å². The first kappa shape index (κ1) is 16.1. The molecule has 1 amide bonds. The van der Waals surface area contributed by atoms with Crippen LogP contribution >= 0.6 is 12.4 Å². The molecular weight excluding hydrogens is 288 g/mol. The second kappa shape index (κ2) is 7.14. The molecule has 0 aromatic heterocycles. The molecule has 21 heavy (non-hydrogen) atoms. The molecule has 1 aromatic carbocycles. The number of hydrogen-bond acceptors (Lipinski definition) is 3. The van der Waals surface area contributed by atoms with Gasteiger partial charge in [-0.25, -0.2) is 4.79 Å². The molecule has 1 saturated carbocycles. The maximum absolute atomic E-state index is 12.0. The van der Waals surface area contributed by atoms with Crippen LogP contribution in [0.4, 0.5) is 4.79 Å². The maximum Gasteiger partial charge on any atom is 0.410 e. The SMILES string of the molecule is Cl.NC(C1CC1)C1CCN(C(=O)OCc2ccccc2)C1. The van der Waals surface area contributed by atoms with Gasteiger partial charge < -0.3 is 15.4 Å². The second-order valence-corrected chi connectivity index (χ2v) is 5.95. The van der Waals surface area contributed by atoms with Crippen molar-refractivity contribution < 1.29 is 9.53 Å². The van der Waals surface area contributed by atoms with Crippen molar-refractivity contribution in [2.45, 2.75) is 31.9 Å². The number of rotatable bonds is 4. The monoisotopic (exact) mass is 310 g/mol. The third-order valence-electron chi connectivity index (χ3n) is 4.40. The molecule has 0 spiro atoms. The van der Waals surface area contributed by atoms with Crippen molar-refractivity contribution in [1.82, 2.24) is 4.90 Å². The predicted molar refractivity (Wildman–Crippen MR) is 84.3 cm³/mol. The number of amides is 1. The summed E-state index contributed by atoms with van der Waals surface area (Å²) < 4.78 is 5.36. The van der Waals surface area contributed by atoms with Gasteiger partial charge in [-0.3, -0.25) is 0 Å². The molecule has 1 heterocycles. The standard InChI is InChI=1S/C16H22N2O2.ClH/c17-15(13-6-7-13)14-8-9-18(10-14)16(19)20-11-12-4-2-1-3-5-12;/h1-5,13-15H,6-11,17H2;1H. The normalized spacial score (nSPS) is 22.5. The van der Waals surface area contributed by atoms with E-state index in [-0.39, 0.29) is 24.5 Å². The fraction of sp³-hybridized carbons (Fsp3) is 0.562. The third-order valence-corrected chi connectivity index (χ3v) is 4.40. The molecule has 0 bridgehead atoms. The molecule has 1 saturated heterocycles. The Kier molecular flexibility index (Phi) is 5.48. The second-order valence-electron chi connectivity index (χ2n) is 5.95. The Labute approximate surface area is 132 Å². The van der Waals surface area contributed by atoms with Crippen LogP contribution < -0.4 is 5.73 Å². The molecule has 0 radical (unpaired) electrons. The highest BCUT2D eigenvalue weighted by Gasteiger charge is 2.38. The summed E-state index contributed by atoms with van der Waals surface area (Å²) in [6.07, 6.45) is 3.32. The quantitative estimate of drug-likeness (QED) is 0.930. The van der Waals surface area contributed by atoms with Crippen molar-refractivity contribution >= 4 is 18.5 Å². The lowest BCUT2D eigenvalue weighted by atomic mass is 9.96. The zero-order chi connectivity index (χ0) is 13.9. The van der Waals surface area contributed by atoms with Gasteiger partial charge in [0.05, 0.1) is 0 Å². The smallest absolute Gasteiger partial charge is 0.410 e. The Bertz CT molecular complexity index is 465. The summed E-state index contributed by atoms with van der Waals surface area (Å²) in [7, 11) is 0. The van der Waals surface area contributed by atoms with Gasteiger partial charge in [0.15, 0.2) is 0 Å². The summed E-state index contributed by atoms with van der Waals surface area (Å²) in [4.78, 5) is 13.8. The lowest BCUT2D eigenvalue weighted by Crippen LogP contribution is -2.36. The molecule has 4 nitrogen and oxygen atoms in total. The minimum absolute atomic E-state index is 0. The molecule has 2 atom stereocenters. The molecule has 3 rings (SSSR count). The van der Waals surface area contributed by atoms with Crippen molar-refractivity contribution in [3.05, 3.63) is 35.9 Å². The molecule has 2 fully saturated rings. The van der Waals surface area contributed by atoms with E-state index in [0.717, 1.165) is 25.1 Å². The highest BCUT2D eigenvalue weighted by molar-refractivity contribution is 5.85. The van der Waals surface area contributed by atoms with E-state index in [1.54, 1.807) is 4.90 Å². The van der Waals surface area contributed by atoms with Gasteiger partial charge in [0.2, 0.25) is 0 Å². The average molecular weight is 311 g/mol. The van der Waals surface area contributed by atoms with Gasteiger partial charge in [-0.1, -0.05) is 30.3 Å². The number of likely N-dealkylation sites (tertiary alicyclic amines) is 1. The van der Waals surface area contributed by atoms with Crippen molar-refractivity contribution in [1.29, 1.82) is 0 Å². The largest absolute Gasteiger partial charge is 0.445 e. The maximum atomic E-state index is 12.0. The summed E-state index contributed by atoms with van der Waals surface area (Å²) in [5.41, 5.74) is 7.25. The number of ether oxygens (including phenoxy) is 1. The minimum Gasteiger partial charge on any atom is -0.445 e. The van der Waals surface area contributed by atoms with Gasteiger partial charge >= 0.3 is 6.09 Å². The first-order valence-electron chi connectivity index (χ1n) is 7.45. The molecule has 116 valence electrons. The predicted octanol–water partition coefficient (Wildman–Crippen LogP) is 2.80. The summed E-state index contributed by atoms with van der Waals surface area (Å²) >= 11 is 0. The van der Waals surface area contributed by atoms with Crippen molar-refractivity contribution in [2.75, 3.05) is 13.1 Å². The highest BCUT2D eigenvalue weighted by atomic mass is 35.5. The van der Waals surface area contributed by atoms with E-state index < -0.39 is 0 Å². The fourth-order valence-corrected chi connectivity index (χ4v) is 2.94. The molecule has 2 aliphatic rings. The summed E-state index contributed by atoms with van der Waals surface area (Å²) in [5, 5.41) is 0. The number of carbonyl (C=O) groups is 1. The minimum atomic E-state index is -0.209. The van der Waals surface area contributed by atoms with E-state index in [2.05, 4.69) is 0 Å². The van der Waals surface area contributed by atoms with Crippen molar-refractivity contribution in [2.24, 2.45) is 17.6 Å². The van der Waals surface area contributed by atoms with E-state index in [1.165, 1.54) is 12.8 Å². The Morgan fingerprint density at radius 1 is 1.24 bits per heavy atom. The van der Waals surface area contributed by atoms with E-state index in [9.17, 15) is 4.79 Å². The molecule has 1 aliphatic carbocycles. The fourth-order valence-electron chi connectivity index (χ4n) is 2.94. The van der Waals surface area contributed by atoms with E-state index in [4.69, 9.17) is 10.5 Å². The van der Waals surface area contributed by atoms with Crippen LogP contribution in [0.15, 0.2) is 30.3 Å². The van der Waals surface area contributed by atoms with Gasteiger partial charge in [0.1, 0.15) is 6.61 Å². The molecule has 2 N–H and O–H groups in total. The molecule has 1 aromatic rings. The van der Waals surface area contributed by atoms with Crippen molar-refractivity contribution in [3.8, 4) is 0 Å². The van der Waals surface area contributed by atoms with Gasteiger partial charge in [-0.05, 0) is 36.7 Å².